The summed E-state index contributed by atoms with van der Waals surface area (Å²) in [4.78, 5) is 14.9. The van der Waals surface area contributed by atoms with Crippen LogP contribution in [0.5, 0.6) is 0 Å². The molecular formula is C26H38O2S2. The van der Waals surface area contributed by atoms with Crippen LogP contribution >= 0.6 is 22.7 Å². The summed E-state index contributed by atoms with van der Waals surface area (Å²) < 4.78 is 7.19. The largest absolute Gasteiger partial charge is 0.458 e. The zero-order valence-corrected chi connectivity index (χ0v) is 20.4. The van der Waals surface area contributed by atoms with Gasteiger partial charge < -0.3 is 4.74 Å². The van der Waals surface area contributed by atoms with E-state index in [1.54, 1.807) is 11.3 Å². The van der Waals surface area contributed by atoms with Crippen molar-refractivity contribution in [1.29, 1.82) is 0 Å². The van der Waals surface area contributed by atoms with Gasteiger partial charge in [0.25, 0.3) is 0 Å². The number of esters is 1. The molecule has 2 aromatic heterocycles. The van der Waals surface area contributed by atoms with E-state index >= 15 is 0 Å². The van der Waals surface area contributed by atoms with Crippen molar-refractivity contribution in [2.45, 2.75) is 103 Å². The van der Waals surface area contributed by atoms with Crippen molar-refractivity contribution >= 4 is 38.0 Å². The molecule has 0 N–H and O–H groups in total. The van der Waals surface area contributed by atoms with Gasteiger partial charge in [-0.1, -0.05) is 52.4 Å². The molecule has 2 aliphatic carbocycles. The summed E-state index contributed by atoms with van der Waals surface area (Å²) in [5.41, 5.74) is 0. The molecule has 0 aromatic carbocycles. The van der Waals surface area contributed by atoms with Gasteiger partial charge in [-0.05, 0) is 74.8 Å². The summed E-state index contributed by atoms with van der Waals surface area (Å²) in [5, 5.41) is 1.22. The number of fused-ring (bicyclic) bond motifs is 1. The first-order valence-corrected chi connectivity index (χ1v) is 14.0. The van der Waals surface area contributed by atoms with Crippen LogP contribution in [0.15, 0.2) is 12.1 Å². The monoisotopic (exact) mass is 446 g/mol. The average Bonchev–Trinajstić information content (AvgIpc) is 3.32. The summed E-state index contributed by atoms with van der Waals surface area (Å²) >= 11 is 3.45. The van der Waals surface area contributed by atoms with Gasteiger partial charge >= 0.3 is 5.97 Å². The number of carbonyl (C=O) groups is 1. The van der Waals surface area contributed by atoms with Crippen molar-refractivity contribution < 1.29 is 9.53 Å². The van der Waals surface area contributed by atoms with Gasteiger partial charge in [-0.15, -0.1) is 22.7 Å². The Morgan fingerprint density at radius 1 is 0.933 bits per heavy atom. The summed E-state index contributed by atoms with van der Waals surface area (Å²) in [6, 6.07) is 4.29. The highest BCUT2D eigenvalue weighted by atomic mass is 32.2. The van der Waals surface area contributed by atoms with Crippen LogP contribution in [0.1, 0.15) is 105 Å². The molecule has 0 spiro atoms. The summed E-state index contributed by atoms with van der Waals surface area (Å²) in [7, 11) is 0. The zero-order valence-electron chi connectivity index (χ0n) is 18.8. The van der Waals surface area contributed by atoms with Gasteiger partial charge in [-0.25, -0.2) is 4.79 Å². The Balaban J connectivity index is 1.22. The van der Waals surface area contributed by atoms with Crippen LogP contribution in [0.4, 0.5) is 0 Å². The third-order valence-corrected chi connectivity index (χ3v) is 9.91. The molecule has 0 amide bonds. The maximum absolute atomic E-state index is 12.7. The molecule has 0 atom stereocenters. The Hall–Kier alpha value is -0.870. The van der Waals surface area contributed by atoms with Crippen LogP contribution in [-0.2, 0) is 11.2 Å². The average molecular weight is 447 g/mol. The van der Waals surface area contributed by atoms with Gasteiger partial charge in [0, 0.05) is 10.3 Å². The van der Waals surface area contributed by atoms with Crippen molar-refractivity contribution in [3.05, 3.63) is 21.9 Å². The third-order valence-electron chi connectivity index (χ3n) is 7.48. The number of hydrogen-bond acceptors (Lipinski definition) is 4. The summed E-state index contributed by atoms with van der Waals surface area (Å²) in [5.74, 6) is 2.70. The lowest BCUT2D eigenvalue weighted by Crippen LogP contribution is -2.29. The van der Waals surface area contributed by atoms with E-state index in [9.17, 15) is 4.79 Å². The van der Waals surface area contributed by atoms with Crippen molar-refractivity contribution in [3.63, 3.8) is 0 Å². The van der Waals surface area contributed by atoms with Gasteiger partial charge in [0.1, 0.15) is 11.0 Å². The van der Waals surface area contributed by atoms with E-state index in [0.717, 1.165) is 41.9 Å². The molecule has 0 radical (unpaired) electrons. The van der Waals surface area contributed by atoms with E-state index in [1.807, 2.05) is 17.4 Å². The van der Waals surface area contributed by atoms with E-state index in [0.29, 0.717) is 0 Å². The van der Waals surface area contributed by atoms with Crippen molar-refractivity contribution in [3.8, 4) is 0 Å². The van der Waals surface area contributed by atoms with Crippen molar-refractivity contribution in [1.82, 2.24) is 0 Å². The van der Waals surface area contributed by atoms with Crippen LogP contribution in [0.3, 0.4) is 0 Å². The molecule has 2 heterocycles. The second-order valence-electron chi connectivity index (χ2n) is 9.68. The molecule has 4 heteroatoms. The van der Waals surface area contributed by atoms with Gasteiger partial charge in [0.15, 0.2) is 0 Å². The number of carbonyl (C=O) groups excluding carboxylic acids is 1. The molecule has 166 valence electrons. The van der Waals surface area contributed by atoms with Gasteiger partial charge in [0.05, 0.1) is 4.01 Å². The normalized spacial score (nSPS) is 27.4. The summed E-state index contributed by atoms with van der Waals surface area (Å²) in [6.07, 6.45) is 17.1. The maximum Gasteiger partial charge on any atom is 0.348 e. The van der Waals surface area contributed by atoms with E-state index in [2.05, 4.69) is 19.9 Å². The molecule has 0 saturated heterocycles. The second-order valence-corrected chi connectivity index (χ2v) is 12.1. The van der Waals surface area contributed by atoms with Crippen LogP contribution in [0.2, 0.25) is 0 Å². The van der Waals surface area contributed by atoms with E-state index in [4.69, 9.17) is 4.74 Å². The minimum Gasteiger partial charge on any atom is -0.458 e. The number of unbranched alkanes of at least 4 members (excludes halogenated alkanes) is 1. The van der Waals surface area contributed by atoms with Crippen molar-refractivity contribution in [2.75, 3.05) is 0 Å². The second kappa shape index (κ2) is 10.6. The molecule has 0 unspecified atom stereocenters. The number of aryl methyl sites for hydroxylation is 1. The molecule has 2 saturated carbocycles. The first-order chi connectivity index (χ1) is 14.7. The Kier molecular flexibility index (Phi) is 7.91. The summed E-state index contributed by atoms with van der Waals surface area (Å²) in [6.45, 7) is 4.52. The molecule has 2 fully saturated rings. The first kappa shape index (κ1) is 22.3. The Labute approximate surface area is 190 Å². The standard InChI is InChI=1S/C26H38O2S2/c1-3-5-7-18-8-10-19(11-9-18)20-12-14-22(15-13-20)28-25(27)24-17-21-16-23(6-4-2)29-26(21)30-24/h16-20,22H,3-15H2,1-2H3. The lowest BCUT2D eigenvalue weighted by atomic mass is 9.70. The minimum absolute atomic E-state index is 0.0969. The predicted molar refractivity (Wildman–Crippen MR) is 130 cm³/mol. The van der Waals surface area contributed by atoms with E-state index in [-0.39, 0.29) is 12.1 Å². The number of thiophene rings is 2. The fraction of sp³-hybridized carbons (Fsp3) is 0.731. The maximum atomic E-state index is 12.7. The van der Waals surface area contributed by atoms with E-state index < -0.39 is 0 Å². The van der Waals surface area contributed by atoms with Crippen LogP contribution in [0, 0.1) is 17.8 Å². The Bertz CT molecular complexity index is 773. The smallest absolute Gasteiger partial charge is 0.348 e. The minimum atomic E-state index is -0.0969. The van der Waals surface area contributed by atoms with Gasteiger partial charge in [0.2, 0.25) is 0 Å². The lowest BCUT2D eigenvalue weighted by molar-refractivity contribution is 0.0114. The van der Waals surface area contributed by atoms with Gasteiger partial charge in [-0.3, -0.25) is 0 Å². The molecule has 0 aliphatic heterocycles. The quantitative estimate of drug-likeness (QED) is 0.379. The molecule has 2 nitrogen and oxygen atoms in total. The third kappa shape index (κ3) is 5.48. The van der Waals surface area contributed by atoms with Crippen LogP contribution in [0.25, 0.3) is 9.40 Å². The topological polar surface area (TPSA) is 26.3 Å². The van der Waals surface area contributed by atoms with Crippen LogP contribution < -0.4 is 0 Å². The highest BCUT2D eigenvalue weighted by Crippen LogP contribution is 2.42. The molecule has 0 bridgehead atoms. The molecule has 4 rings (SSSR count). The fourth-order valence-electron chi connectivity index (χ4n) is 5.69. The number of ether oxygens (including phenoxy) is 1. The van der Waals surface area contributed by atoms with E-state index in [1.165, 1.54) is 78.5 Å². The highest BCUT2D eigenvalue weighted by Gasteiger charge is 2.32. The Morgan fingerprint density at radius 2 is 1.63 bits per heavy atom. The molecule has 2 aliphatic rings. The molecule has 30 heavy (non-hydrogen) atoms. The number of rotatable bonds is 8. The van der Waals surface area contributed by atoms with Gasteiger partial charge in [-0.2, -0.15) is 0 Å². The lowest BCUT2D eigenvalue weighted by Gasteiger charge is -2.37. The van der Waals surface area contributed by atoms with Crippen molar-refractivity contribution in [2.24, 2.45) is 17.8 Å². The zero-order chi connectivity index (χ0) is 20.9. The van der Waals surface area contributed by atoms with Crippen LogP contribution in [-0.4, -0.2) is 12.1 Å². The SMILES string of the molecule is CCCCC1CCC(C2CCC(OC(=O)c3cc4cc(CCC)sc4s3)CC2)CC1. The fourth-order valence-corrected chi connectivity index (χ4v) is 8.17. The Morgan fingerprint density at radius 3 is 2.27 bits per heavy atom. The molecular weight excluding hydrogens is 408 g/mol. The highest BCUT2D eigenvalue weighted by molar-refractivity contribution is 7.39. The number of hydrogen-bond donors (Lipinski definition) is 0. The predicted octanol–water partition coefficient (Wildman–Crippen LogP) is 8.63. The molecule has 2 aromatic rings. The first-order valence-electron chi connectivity index (χ1n) is 12.4.